The normalized spacial score (nSPS) is 10.5. The fourth-order valence-corrected chi connectivity index (χ4v) is 2.15. The van der Waals surface area contributed by atoms with E-state index < -0.39 is 11.9 Å². The minimum Gasteiger partial charge on any atom is -0.462 e. The van der Waals surface area contributed by atoms with Crippen LogP contribution in [-0.4, -0.2) is 18.5 Å². The lowest BCUT2D eigenvalue weighted by atomic mass is 10.1. The van der Waals surface area contributed by atoms with Gasteiger partial charge in [-0.2, -0.15) is 0 Å². The molecule has 2 rings (SSSR count). The van der Waals surface area contributed by atoms with Crippen molar-refractivity contribution >= 4 is 35.1 Å². The molecule has 0 aromatic heterocycles. The van der Waals surface area contributed by atoms with Crippen molar-refractivity contribution in [2.24, 2.45) is 5.92 Å². The molecule has 24 heavy (non-hydrogen) atoms. The molecule has 0 bridgehead atoms. The first-order valence-electron chi connectivity index (χ1n) is 7.32. The van der Waals surface area contributed by atoms with Gasteiger partial charge < -0.3 is 9.47 Å². The Kier molecular flexibility index (Phi) is 6.23. The second-order valence-electron chi connectivity index (χ2n) is 5.50. The van der Waals surface area contributed by atoms with Crippen molar-refractivity contribution in [2.75, 3.05) is 6.61 Å². The van der Waals surface area contributed by atoms with E-state index in [-0.39, 0.29) is 34.4 Å². The van der Waals surface area contributed by atoms with Crippen molar-refractivity contribution < 1.29 is 19.1 Å². The van der Waals surface area contributed by atoms with E-state index in [0.29, 0.717) is 5.02 Å². The maximum Gasteiger partial charge on any atom is 0.344 e. The zero-order valence-corrected chi connectivity index (χ0v) is 14.7. The fourth-order valence-electron chi connectivity index (χ4n) is 1.86. The van der Waals surface area contributed by atoms with Crippen molar-refractivity contribution in [3.63, 3.8) is 0 Å². The molecule has 126 valence electrons. The summed E-state index contributed by atoms with van der Waals surface area (Å²) in [5, 5.41) is 0.626. The van der Waals surface area contributed by atoms with Gasteiger partial charge in [-0.25, -0.2) is 9.59 Å². The van der Waals surface area contributed by atoms with Crippen LogP contribution < -0.4 is 4.74 Å². The van der Waals surface area contributed by atoms with Gasteiger partial charge in [-0.05, 0) is 30.2 Å². The summed E-state index contributed by atoms with van der Waals surface area (Å²) in [5.41, 5.74) is 0.278. The highest BCUT2D eigenvalue weighted by Gasteiger charge is 2.20. The number of esters is 2. The Balaban J connectivity index is 2.20. The Labute approximate surface area is 150 Å². The predicted octanol–water partition coefficient (Wildman–Crippen LogP) is 5.03. The Morgan fingerprint density at radius 2 is 1.58 bits per heavy atom. The van der Waals surface area contributed by atoms with Gasteiger partial charge in [-0.1, -0.05) is 49.2 Å². The number of hydrogen-bond acceptors (Lipinski definition) is 4. The molecule has 2 aromatic carbocycles. The summed E-state index contributed by atoms with van der Waals surface area (Å²) in [7, 11) is 0. The van der Waals surface area contributed by atoms with Crippen LogP contribution in [0.2, 0.25) is 10.0 Å². The van der Waals surface area contributed by atoms with Crippen LogP contribution in [0.3, 0.4) is 0 Å². The van der Waals surface area contributed by atoms with E-state index >= 15 is 0 Å². The molecule has 0 heterocycles. The second kappa shape index (κ2) is 8.18. The second-order valence-corrected chi connectivity index (χ2v) is 6.32. The van der Waals surface area contributed by atoms with Crippen LogP contribution in [-0.2, 0) is 4.74 Å². The molecular weight excluding hydrogens is 351 g/mol. The topological polar surface area (TPSA) is 52.6 Å². The Morgan fingerprint density at radius 1 is 0.958 bits per heavy atom. The number of hydrogen-bond donors (Lipinski definition) is 0. The summed E-state index contributed by atoms with van der Waals surface area (Å²) in [6, 6.07) is 10.8. The molecule has 0 saturated heterocycles. The highest BCUT2D eigenvalue weighted by Crippen LogP contribution is 2.27. The molecule has 0 aliphatic rings. The van der Waals surface area contributed by atoms with Crippen molar-refractivity contribution in [1.82, 2.24) is 0 Å². The molecular formula is C18H16Cl2O4. The van der Waals surface area contributed by atoms with Gasteiger partial charge in [0.25, 0.3) is 0 Å². The molecule has 0 N–H and O–H groups in total. The summed E-state index contributed by atoms with van der Waals surface area (Å²) < 4.78 is 10.4. The van der Waals surface area contributed by atoms with Crippen LogP contribution in [0.5, 0.6) is 5.75 Å². The first-order chi connectivity index (χ1) is 11.4. The third-order valence-electron chi connectivity index (χ3n) is 3.02. The van der Waals surface area contributed by atoms with Crippen molar-refractivity contribution in [3.05, 3.63) is 63.6 Å². The maximum atomic E-state index is 12.4. The standard InChI is InChI=1S/C18H16Cl2O4/c1-11(2)10-23-17(21)13-5-3-4-6-14(13)18(22)24-12-7-8-15(19)16(20)9-12/h3-9,11H,10H2,1-2H3. The van der Waals surface area contributed by atoms with Crippen LogP contribution in [0.4, 0.5) is 0 Å². The summed E-state index contributed by atoms with van der Waals surface area (Å²) in [6.07, 6.45) is 0. The average molecular weight is 367 g/mol. The largest absolute Gasteiger partial charge is 0.462 e. The quantitative estimate of drug-likeness (QED) is 0.550. The SMILES string of the molecule is CC(C)COC(=O)c1ccccc1C(=O)Oc1ccc(Cl)c(Cl)c1. The Hall–Kier alpha value is -2.04. The predicted molar refractivity (Wildman–Crippen MR) is 93.0 cm³/mol. The molecule has 4 nitrogen and oxygen atoms in total. The molecule has 6 heteroatoms. The third kappa shape index (κ3) is 4.73. The van der Waals surface area contributed by atoms with Gasteiger partial charge in [-0.15, -0.1) is 0 Å². The molecule has 0 radical (unpaired) electrons. The van der Waals surface area contributed by atoms with Crippen LogP contribution in [0.1, 0.15) is 34.6 Å². The lowest BCUT2D eigenvalue weighted by molar-refractivity contribution is 0.0452. The molecule has 0 amide bonds. The number of ether oxygens (including phenoxy) is 2. The van der Waals surface area contributed by atoms with E-state index in [2.05, 4.69) is 0 Å². The minimum absolute atomic E-state index is 0.123. The van der Waals surface area contributed by atoms with Crippen molar-refractivity contribution in [1.29, 1.82) is 0 Å². The molecule has 0 unspecified atom stereocenters. The van der Waals surface area contributed by atoms with Gasteiger partial charge in [-0.3, -0.25) is 0 Å². The molecule has 0 spiro atoms. The van der Waals surface area contributed by atoms with Gasteiger partial charge in [0.05, 0.1) is 27.8 Å². The molecule has 0 saturated carbocycles. The van der Waals surface area contributed by atoms with Crippen molar-refractivity contribution in [3.8, 4) is 5.75 Å². The van der Waals surface area contributed by atoms with E-state index in [1.54, 1.807) is 12.1 Å². The lowest BCUT2D eigenvalue weighted by Gasteiger charge is -2.11. The van der Waals surface area contributed by atoms with Gasteiger partial charge in [0.1, 0.15) is 5.75 Å². The first-order valence-corrected chi connectivity index (χ1v) is 8.07. The maximum absolute atomic E-state index is 12.4. The molecule has 0 atom stereocenters. The Morgan fingerprint density at radius 3 is 2.17 bits per heavy atom. The highest BCUT2D eigenvalue weighted by atomic mass is 35.5. The summed E-state index contributed by atoms with van der Waals surface area (Å²) in [4.78, 5) is 24.5. The summed E-state index contributed by atoms with van der Waals surface area (Å²) >= 11 is 11.7. The number of benzene rings is 2. The van der Waals surface area contributed by atoms with E-state index in [1.807, 2.05) is 13.8 Å². The molecule has 0 aliphatic carbocycles. The van der Waals surface area contributed by atoms with Crippen molar-refractivity contribution in [2.45, 2.75) is 13.8 Å². The van der Waals surface area contributed by atoms with Crippen LogP contribution in [0, 0.1) is 5.92 Å². The van der Waals surface area contributed by atoms with E-state index in [9.17, 15) is 9.59 Å². The first kappa shape index (κ1) is 18.3. The molecule has 0 aliphatic heterocycles. The van der Waals surface area contributed by atoms with Crippen LogP contribution >= 0.6 is 23.2 Å². The minimum atomic E-state index is -0.675. The fraction of sp³-hybridized carbons (Fsp3) is 0.222. The lowest BCUT2D eigenvalue weighted by Crippen LogP contribution is -2.17. The monoisotopic (exact) mass is 366 g/mol. The van der Waals surface area contributed by atoms with E-state index in [4.69, 9.17) is 32.7 Å². The van der Waals surface area contributed by atoms with Gasteiger partial charge in [0.15, 0.2) is 0 Å². The van der Waals surface area contributed by atoms with Gasteiger partial charge in [0.2, 0.25) is 0 Å². The number of halogens is 2. The average Bonchev–Trinajstić information content (AvgIpc) is 2.56. The van der Waals surface area contributed by atoms with Crippen LogP contribution in [0.15, 0.2) is 42.5 Å². The van der Waals surface area contributed by atoms with Crippen LogP contribution in [0.25, 0.3) is 0 Å². The zero-order chi connectivity index (χ0) is 17.7. The number of carbonyl (C=O) groups is 2. The van der Waals surface area contributed by atoms with Gasteiger partial charge >= 0.3 is 11.9 Å². The number of rotatable bonds is 5. The van der Waals surface area contributed by atoms with E-state index in [0.717, 1.165) is 0 Å². The smallest absolute Gasteiger partial charge is 0.344 e. The van der Waals surface area contributed by atoms with Gasteiger partial charge in [0, 0.05) is 6.07 Å². The molecule has 2 aromatic rings. The Bertz CT molecular complexity index is 756. The zero-order valence-electron chi connectivity index (χ0n) is 13.2. The number of carbonyl (C=O) groups excluding carboxylic acids is 2. The highest BCUT2D eigenvalue weighted by molar-refractivity contribution is 6.42. The third-order valence-corrected chi connectivity index (χ3v) is 3.76. The summed E-state index contributed by atoms with van der Waals surface area (Å²) in [6.45, 7) is 4.13. The van der Waals surface area contributed by atoms with E-state index in [1.165, 1.54) is 30.3 Å². The summed E-state index contributed by atoms with van der Waals surface area (Å²) in [5.74, 6) is -0.806. The molecule has 0 fully saturated rings.